The third-order valence-corrected chi connectivity index (χ3v) is 2.96. The van der Waals surface area contributed by atoms with Crippen molar-refractivity contribution in [3.05, 3.63) is 0 Å². The van der Waals surface area contributed by atoms with Crippen LogP contribution in [0.5, 0.6) is 0 Å². The standard InChI is InChI=1S/C12H22O2/c1-3-7-10(2)12(13)14-11-8-5-4-6-9-11/h10-11H,3-9H2,1-2H3/t10-/m0/s1. The van der Waals surface area contributed by atoms with Crippen molar-refractivity contribution in [3.63, 3.8) is 0 Å². The molecule has 0 amide bonds. The molecule has 1 rings (SSSR count). The van der Waals surface area contributed by atoms with Crippen LogP contribution in [0.1, 0.15) is 58.8 Å². The van der Waals surface area contributed by atoms with Crippen LogP contribution in [0.25, 0.3) is 0 Å². The smallest absolute Gasteiger partial charge is 0.308 e. The van der Waals surface area contributed by atoms with Crippen molar-refractivity contribution in [1.82, 2.24) is 0 Å². The van der Waals surface area contributed by atoms with Gasteiger partial charge < -0.3 is 4.74 Å². The summed E-state index contributed by atoms with van der Waals surface area (Å²) in [7, 11) is 0. The molecule has 0 N–H and O–H groups in total. The quantitative estimate of drug-likeness (QED) is 0.648. The minimum absolute atomic E-state index is 0.0127. The molecular formula is C12H22O2. The summed E-state index contributed by atoms with van der Waals surface area (Å²) in [5.41, 5.74) is 0. The first-order chi connectivity index (χ1) is 6.74. The third kappa shape index (κ3) is 3.69. The molecule has 0 unspecified atom stereocenters. The fraction of sp³-hybridized carbons (Fsp3) is 0.917. The molecule has 2 heteroatoms. The lowest BCUT2D eigenvalue weighted by Crippen LogP contribution is -2.24. The highest BCUT2D eigenvalue weighted by Gasteiger charge is 2.20. The number of hydrogen-bond acceptors (Lipinski definition) is 2. The lowest BCUT2D eigenvalue weighted by atomic mass is 9.97. The molecule has 0 radical (unpaired) electrons. The van der Waals surface area contributed by atoms with Gasteiger partial charge in [-0.15, -0.1) is 0 Å². The van der Waals surface area contributed by atoms with Gasteiger partial charge >= 0.3 is 5.97 Å². The van der Waals surface area contributed by atoms with E-state index in [1.54, 1.807) is 0 Å². The van der Waals surface area contributed by atoms with E-state index in [1.807, 2.05) is 6.92 Å². The number of hydrogen-bond donors (Lipinski definition) is 0. The number of carbonyl (C=O) groups excluding carboxylic acids is 1. The Morgan fingerprint density at radius 3 is 2.57 bits per heavy atom. The number of rotatable bonds is 4. The zero-order valence-electron chi connectivity index (χ0n) is 9.42. The lowest BCUT2D eigenvalue weighted by molar-refractivity contribution is -0.155. The molecule has 82 valence electrons. The zero-order valence-corrected chi connectivity index (χ0v) is 9.42. The van der Waals surface area contributed by atoms with Crippen LogP contribution in [0, 0.1) is 5.92 Å². The average Bonchev–Trinajstić information content (AvgIpc) is 2.19. The molecule has 1 fully saturated rings. The van der Waals surface area contributed by atoms with Crippen LogP contribution in [-0.2, 0) is 9.53 Å². The summed E-state index contributed by atoms with van der Waals surface area (Å²) < 4.78 is 5.47. The zero-order chi connectivity index (χ0) is 10.4. The van der Waals surface area contributed by atoms with E-state index in [-0.39, 0.29) is 18.0 Å². The van der Waals surface area contributed by atoms with Crippen molar-refractivity contribution in [1.29, 1.82) is 0 Å². The monoisotopic (exact) mass is 198 g/mol. The van der Waals surface area contributed by atoms with Gasteiger partial charge in [0.05, 0.1) is 5.92 Å². The summed E-state index contributed by atoms with van der Waals surface area (Å²) in [4.78, 5) is 11.6. The molecule has 0 bridgehead atoms. The van der Waals surface area contributed by atoms with Crippen molar-refractivity contribution in [2.75, 3.05) is 0 Å². The van der Waals surface area contributed by atoms with E-state index >= 15 is 0 Å². The SMILES string of the molecule is CCC[C@H](C)C(=O)OC1CCCCC1. The van der Waals surface area contributed by atoms with E-state index in [9.17, 15) is 4.79 Å². The van der Waals surface area contributed by atoms with Crippen molar-refractivity contribution in [3.8, 4) is 0 Å². The molecule has 0 heterocycles. The molecule has 1 atom stereocenters. The molecule has 1 aliphatic carbocycles. The normalized spacial score (nSPS) is 20.4. The molecule has 0 aromatic carbocycles. The van der Waals surface area contributed by atoms with Gasteiger partial charge in [0.1, 0.15) is 6.10 Å². The van der Waals surface area contributed by atoms with E-state index < -0.39 is 0 Å². The maximum absolute atomic E-state index is 11.6. The summed E-state index contributed by atoms with van der Waals surface area (Å²) >= 11 is 0. The van der Waals surface area contributed by atoms with Crippen LogP contribution in [0.3, 0.4) is 0 Å². The second-order valence-corrected chi connectivity index (χ2v) is 4.39. The minimum Gasteiger partial charge on any atom is -0.462 e. The van der Waals surface area contributed by atoms with Gasteiger partial charge in [-0.1, -0.05) is 26.7 Å². The van der Waals surface area contributed by atoms with E-state index in [0.717, 1.165) is 25.7 Å². The largest absolute Gasteiger partial charge is 0.462 e. The van der Waals surface area contributed by atoms with E-state index in [4.69, 9.17) is 4.74 Å². The van der Waals surface area contributed by atoms with Crippen LogP contribution in [-0.4, -0.2) is 12.1 Å². The minimum atomic E-state index is 0.0127. The maximum Gasteiger partial charge on any atom is 0.308 e. The Morgan fingerprint density at radius 1 is 1.36 bits per heavy atom. The highest BCUT2D eigenvalue weighted by Crippen LogP contribution is 2.21. The van der Waals surface area contributed by atoms with E-state index in [1.165, 1.54) is 19.3 Å². The summed E-state index contributed by atoms with van der Waals surface area (Å²) in [6.07, 6.45) is 8.12. The van der Waals surface area contributed by atoms with E-state index in [2.05, 4.69) is 6.92 Å². The van der Waals surface area contributed by atoms with Gasteiger partial charge in [-0.25, -0.2) is 0 Å². The van der Waals surface area contributed by atoms with Crippen molar-refractivity contribution >= 4 is 5.97 Å². The Kier molecular flexibility index (Phi) is 4.99. The van der Waals surface area contributed by atoms with Crippen LogP contribution in [0.4, 0.5) is 0 Å². The Bertz CT molecular complexity index is 171. The summed E-state index contributed by atoms with van der Waals surface area (Å²) in [6, 6.07) is 0. The molecular weight excluding hydrogens is 176 g/mol. The second-order valence-electron chi connectivity index (χ2n) is 4.39. The lowest BCUT2D eigenvalue weighted by Gasteiger charge is -2.23. The molecule has 0 saturated heterocycles. The Labute approximate surface area is 87.0 Å². The second kappa shape index (κ2) is 6.05. The number of esters is 1. The summed E-state index contributed by atoms with van der Waals surface area (Å²) in [5, 5.41) is 0. The topological polar surface area (TPSA) is 26.3 Å². The Morgan fingerprint density at radius 2 is 2.00 bits per heavy atom. The van der Waals surface area contributed by atoms with Crippen molar-refractivity contribution < 1.29 is 9.53 Å². The Balaban J connectivity index is 2.24. The summed E-state index contributed by atoms with van der Waals surface area (Å²) in [5.74, 6) is 0.0978. The predicted octanol–water partition coefficient (Wildman–Crippen LogP) is 3.30. The highest BCUT2D eigenvalue weighted by atomic mass is 16.5. The maximum atomic E-state index is 11.6. The van der Waals surface area contributed by atoms with Gasteiger partial charge in [0.15, 0.2) is 0 Å². The first-order valence-electron chi connectivity index (χ1n) is 5.94. The molecule has 2 nitrogen and oxygen atoms in total. The number of ether oxygens (including phenoxy) is 1. The van der Waals surface area contributed by atoms with Crippen LogP contribution in [0.2, 0.25) is 0 Å². The first kappa shape index (κ1) is 11.5. The first-order valence-corrected chi connectivity index (χ1v) is 5.94. The molecule has 1 aliphatic rings. The molecule has 1 saturated carbocycles. The van der Waals surface area contributed by atoms with Gasteiger partial charge in [0.2, 0.25) is 0 Å². The Hall–Kier alpha value is -0.530. The van der Waals surface area contributed by atoms with E-state index in [0.29, 0.717) is 0 Å². The average molecular weight is 198 g/mol. The van der Waals surface area contributed by atoms with Crippen molar-refractivity contribution in [2.45, 2.75) is 64.9 Å². The van der Waals surface area contributed by atoms with Crippen LogP contribution in [0.15, 0.2) is 0 Å². The molecule has 14 heavy (non-hydrogen) atoms. The van der Waals surface area contributed by atoms with Gasteiger partial charge in [-0.05, 0) is 32.1 Å². The number of carbonyl (C=O) groups is 1. The molecule has 0 aromatic heterocycles. The third-order valence-electron chi connectivity index (χ3n) is 2.96. The molecule has 0 aliphatic heterocycles. The van der Waals surface area contributed by atoms with Gasteiger partial charge in [-0.2, -0.15) is 0 Å². The molecule has 0 spiro atoms. The fourth-order valence-corrected chi connectivity index (χ4v) is 2.01. The molecule has 0 aromatic rings. The van der Waals surface area contributed by atoms with Crippen LogP contribution >= 0.6 is 0 Å². The van der Waals surface area contributed by atoms with Crippen molar-refractivity contribution in [2.24, 2.45) is 5.92 Å². The predicted molar refractivity (Wildman–Crippen MR) is 57.0 cm³/mol. The van der Waals surface area contributed by atoms with Gasteiger partial charge in [0, 0.05) is 0 Å². The fourth-order valence-electron chi connectivity index (χ4n) is 2.01. The summed E-state index contributed by atoms with van der Waals surface area (Å²) in [6.45, 7) is 4.07. The highest BCUT2D eigenvalue weighted by molar-refractivity contribution is 5.72. The van der Waals surface area contributed by atoms with Gasteiger partial charge in [0.25, 0.3) is 0 Å². The van der Waals surface area contributed by atoms with Gasteiger partial charge in [-0.3, -0.25) is 4.79 Å². The van der Waals surface area contributed by atoms with Crippen LogP contribution < -0.4 is 0 Å².